The smallest absolute Gasteiger partial charge is 0.306 e. The van der Waals surface area contributed by atoms with Crippen molar-refractivity contribution in [1.82, 2.24) is 0 Å². The first kappa shape index (κ1) is 40.1. The number of carbonyl (C=O) groups is 3. The number of hydrogen-bond donors (Lipinski definition) is 2. The van der Waals surface area contributed by atoms with Gasteiger partial charge in [0.2, 0.25) is 0 Å². The summed E-state index contributed by atoms with van der Waals surface area (Å²) in [6.07, 6.45) is 27.7. The summed E-state index contributed by atoms with van der Waals surface area (Å²) in [6, 6.07) is 0. The SMILES string of the molecule is CCCCCCCCCCCCCCCCCC/C=C/[N+](CCC(C)C(=O)[O-])(CCC(C)C(=O)O)CCC(C)C(=O)O. The van der Waals surface area contributed by atoms with Crippen molar-refractivity contribution >= 4 is 17.9 Å². The molecular formula is C35H65NO6. The summed E-state index contributed by atoms with van der Waals surface area (Å²) in [6.45, 7) is 8.85. The van der Waals surface area contributed by atoms with Gasteiger partial charge in [0.05, 0.1) is 37.7 Å². The molecule has 0 amide bonds. The van der Waals surface area contributed by atoms with E-state index in [4.69, 9.17) is 0 Å². The highest BCUT2D eigenvalue weighted by Crippen LogP contribution is 2.21. The summed E-state index contributed by atoms with van der Waals surface area (Å²) >= 11 is 0. The van der Waals surface area contributed by atoms with E-state index in [9.17, 15) is 29.7 Å². The highest BCUT2D eigenvalue weighted by Gasteiger charge is 2.29. The molecule has 0 aromatic carbocycles. The second-order valence-corrected chi connectivity index (χ2v) is 12.9. The molecule has 3 unspecified atom stereocenters. The fraction of sp³-hybridized carbons (Fsp3) is 0.857. The van der Waals surface area contributed by atoms with Gasteiger partial charge in [-0.2, -0.15) is 0 Å². The van der Waals surface area contributed by atoms with E-state index < -0.39 is 35.7 Å². The zero-order chi connectivity index (χ0) is 31.6. The molecule has 0 aliphatic carbocycles. The zero-order valence-corrected chi connectivity index (χ0v) is 27.6. The Kier molecular flexibility index (Phi) is 24.4. The fourth-order valence-corrected chi connectivity index (χ4v) is 5.38. The molecule has 0 heterocycles. The monoisotopic (exact) mass is 595 g/mol. The zero-order valence-electron chi connectivity index (χ0n) is 27.6. The van der Waals surface area contributed by atoms with Gasteiger partial charge in [-0.1, -0.05) is 124 Å². The molecule has 7 heteroatoms. The van der Waals surface area contributed by atoms with Gasteiger partial charge in [-0.15, -0.1) is 0 Å². The predicted molar refractivity (Wildman–Crippen MR) is 170 cm³/mol. The molecule has 0 saturated carbocycles. The van der Waals surface area contributed by atoms with Crippen LogP contribution in [0.1, 0.15) is 156 Å². The van der Waals surface area contributed by atoms with Crippen LogP contribution in [0.5, 0.6) is 0 Å². The van der Waals surface area contributed by atoms with Crippen molar-refractivity contribution in [2.45, 2.75) is 156 Å². The number of rotatable bonds is 30. The molecule has 3 atom stereocenters. The van der Waals surface area contributed by atoms with Crippen molar-refractivity contribution in [3.8, 4) is 0 Å². The van der Waals surface area contributed by atoms with Crippen LogP contribution in [0.2, 0.25) is 0 Å². The summed E-state index contributed by atoms with van der Waals surface area (Å²) in [5.74, 6) is -4.47. The van der Waals surface area contributed by atoms with Gasteiger partial charge in [-0.3, -0.25) is 14.1 Å². The lowest BCUT2D eigenvalue weighted by Crippen LogP contribution is -2.48. The van der Waals surface area contributed by atoms with Crippen LogP contribution in [-0.4, -0.2) is 52.2 Å². The van der Waals surface area contributed by atoms with Crippen LogP contribution in [0.3, 0.4) is 0 Å². The molecular weight excluding hydrogens is 530 g/mol. The maximum atomic E-state index is 11.5. The third-order valence-corrected chi connectivity index (χ3v) is 8.91. The molecule has 2 N–H and O–H groups in total. The van der Waals surface area contributed by atoms with Gasteiger partial charge in [-0.25, -0.2) is 0 Å². The Hall–Kier alpha value is -1.89. The normalized spacial score (nSPS) is 15.3. The van der Waals surface area contributed by atoms with Crippen LogP contribution >= 0.6 is 0 Å². The number of unbranched alkanes of at least 4 members (excludes halogenated alkanes) is 16. The van der Waals surface area contributed by atoms with E-state index in [-0.39, 0.29) is 0 Å². The molecule has 0 aliphatic heterocycles. The van der Waals surface area contributed by atoms with Gasteiger partial charge in [-0.05, 0) is 18.9 Å². The van der Waals surface area contributed by atoms with Crippen molar-refractivity contribution in [2.75, 3.05) is 19.6 Å². The molecule has 0 rings (SSSR count). The largest absolute Gasteiger partial charge is 0.550 e. The molecule has 0 aromatic heterocycles. The number of allylic oxidation sites excluding steroid dienone is 1. The second-order valence-electron chi connectivity index (χ2n) is 12.9. The number of nitrogens with zero attached hydrogens (tertiary/aromatic N) is 1. The molecule has 0 aromatic rings. The Labute approximate surface area is 257 Å². The Bertz CT molecular complexity index is 677. The number of carbonyl (C=O) groups excluding carboxylic acids is 1. The van der Waals surface area contributed by atoms with Crippen molar-refractivity contribution < 1.29 is 34.2 Å². The van der Waals surface area contributed by atoms with Gasteiger partial charge < -0.3 is 20.1 Å². The summed E-state index contributed by atoms with van der Waals surface area (Å²) in [7, 11) is 0. The van der Waals surface area contributed by atoms with Gasteiger partial charge in [0, 0.05) is 31.1 Å². The van der Waals surface area contributed by atoms with Crippen LogP contribution in [0.25, 0.3) is 0 Å². The minimum atomic E-state index is -1.09. The van der Waals surface area contributed by atoms with Gasteiger partial charge in [0.1, 0.15) is 0 Å². The minimum Gasteiger partial charge on any atom is -0.550 e. The third kappa shape index (κ3) is 21.8. The number of carboxylic acids is 3. The molecule has 246 valence electrons. The van der Waals surface area contributed by atoms with E-state index in [0.29, 0.717) is 43.4 Å². The molecule has 0 radical (unpaired) electrons. The minimum absolute atomic E-state index is 0.397. The molecule has 0 fully saturated rings. The van der Waals surface area contributed by atoms with E-state index in [1.807, 2.05) is 0 Å². The van der Waals surface area contributed by atoms with Crippen LogP contribution < -0.4 is 5.11 Å². The van der Waals surface area contributed by atoms with Crippen molar-refractivity contribution in [2.24, 2.45) is 17.8 Å². The third-order valence-electron chi connectivity index (χ3n) is 8.91. The average Bonchev–Trinajstić information content (AvgIpc) is 2.96. The Morgan fingerprint density at radius 2 is 0.929 bits per heavy atom. The van der Waals surface area contributed by atoms with Crippen molar-refractivity contribution in [3.05, 3.63) is 12.3 Å². The van der Waals surface area contributed by atoms with Crippen LogP contribution in [0.15, 0.2) is 12.3 Å². The standard InChI is InChI=1S/C35H65NO6/c1-5-6-7-8-9-10-11-12-13-14-15-16-17-18-19-20-21-22-26-36(27-23-30(2)33(37)38,28-24-31(3)34(39)40)29-25-32(4)35(41)42/h22,26,30-32H,5-21,23-25,27-29H2,1-4H3,(H2-,37,38,39,40,41,42)/b26-22+. The lowest BCUT2D eigenvalue weighted by molar-refractivity contribution is -0.881. The number of aliphatic carboxylic acids is 3. The molecule has 0 bridgehead atoms. The average molecular weight is 596 g/mol. The Balaban J connectivity index is 4.59. The summed E-state index contributed by atoms with van der Waals surface area (Å²) in [4.78, 5) is 34.3. The number of hydrogen-bond acceptors (Lipinski definition) is 4. The summed E-state index contributed by atoms with van der Waals surface area (Å²) < 4.78 is 0.408. The quantitative estimate of drug-likeness (QED) is 0.0643. The molecule has 42 heavy (non-hydrogen) atoms. The highest BCUT2D eigenvalue weighted by atomic mass is 16.4. The molecule has 0 saturated heterocycles. The Morgan fingerprint density at radius 1 is 0.595 bits per heavy atom. The lowest BCUT2D eigenvalue weighted by Gasteiger charge is -2.37. The predicted octanol–water partition coefficient (Wildman–Crippen LogP) is 7.97. The first-order valence-corrected chi connectivity index (χ1v) is 17.2. The highest BCUT2D eigenvalue weighted by molar-refractivity contribution is 5.69. The first-order chi connectivity index (χ1) is 20.0. The van der Waals surface area contributed by atoms with Gasteiger partial charge in [0.25, 0.3) is 0 Å². The van der Waals surface area contributed by atoms with E-state index in [2.05, 4.69) is 19.2 Å². The summed E-state index contributed by atoms with van der Waals surface area (Å²) in [5.41, 5.74) is 0. The fourth-order valence-electron chi connectivity index (χ4n) is 5.38. The van der Waals surface area contributed by atoms with Crippen LogP contribution in [0.4, 0.5) is 0 Å². The molecule has 0 aliphatic rings. The van der Waals surface area contributed by atoms with Crippen molar-refractivity contribution in [3.63, 3.8) is 0 Å². The van der Waals surface area contributed by atoms with Crippen LogP contribution in [-0.2, 0) is 14.4 Å². The van der Waals surface area contributed by atoms with E-state index >= 15 is 0 Å². The summed E-state index contributed by atoms with van der Waals surface area (Å²) in [5, 5.41) is 30.2. The maximum absolute atomic E-state index is 11.5. The van der Waals surface area contributed by atoms with Gasteiger partial charge in [0.15, 0.2) is 0 Å². The second kappa shape index (κ2) is 25.6. The van der Waals surface area contributed by atoms with E-state index in [1.165, 1.54) is 96.3 Å². The Morgan fingerprint density at radius 3 is 1.26 bits per heavy atom. The van der Waals surface area contributed by atoms with Crippen LogP contribution in [0, 0.1) is 17.8 Å². The van der Waals surface area contributed by atoms with E-state index in [0.717, 1.165) is 12.8 Å². The maximum Gasteiger partial charge on any atom is 0.306 e. The van der Waals surface area contributed by atoms with Crippen molar-refractivity contribution in [1.29, 1.82) is 0 Å². The van der Waals surface area contributed by atoms with E-state index in [1.54, 1.807) is 20.8 Å². The lowest BCUT2D eigenvalue weighted by atomic mass is 10.0. The number of carboxylic acid groups (broad SMARTS) is 3. The van der Waals surface area contributed by atoms with Gasteiger partial charge >= 0.3 is 11.9 Å². The number of quaternary nitrogens is 1. The molecule has 7 nitrogen and oxygen atoms in total. The molecule has 0 spiro atoms. The topological polar surface area (TPSA) is 115 Å². The first-order valence-electron chi connectivity index (χ1n) is 17.2.